The van der Waals surface area contributed by atoms with Crippen molar-refractivity contribution in [2.75, 3.05) is 0 Å². The first-order valence-electron chi connectivity index (χ1n) is 11.7. The van der Waals surface area contributed by atoms with E-state index in [2.05, 4.69) is 0 Å². The number of hydrogen-bond donors (Lipinski definition) is 0. The molecule has 1 aliphatic rings. The molecule has 0 aromatic heterocycles. The van der Waals surface area contributed by atoms with Crippen molar-refractivity contribution >= 4 is 18.0 Å². The van der Waals surface area contributed by atoms with Crippen LogP contribution >= 0.6 is 0 Å². The van der Waals surface area contributed by atoms with Gasteiger partial charge in [0.05, 0.1) is 5.41 Å². The minimum Gasteiger partial charge on any atom is -0.458 e. The Labute approximate surface area is 202 Å². The highest BCUT2D eigenvalue weighted by Crippen LogP contribution is 2.43. The van der Waals surface area contributed by atoms with Gasteiger partial charge in [-0.3, -0.25) is 4.79 Å². The summed E-state index contributed by atoms with van der Waals surface area (Å²) < 4.78 is 11.2. The average Bonchev–Trinajstić information content (AvgIpc) is 2.99. The molecule has 182 valence electrons. The van der Waals surface area contributed by atoms with Crippen LogP contribution < -0.4 is 0 Å². The molecule has 1 aliphatic heterocycles. The highest BCUT2D eigenvalue weighted by Gasteiger charge is 2.57. The van der Waals surface area contributed by atoms with Crippen molar-refractivity contribution in [3.8, 4) is 0 Å². The van der Waals surface area contributed by atoms with Crippen LogP contribution in [0.3, 0.4) is 0 Å². The van der Waals surface area contributed by atoms with Gasteiger partial charge in [0.1, 0.15) is 17.2 Å². The number of carbonyl (C=O) groups excluding carboxylic acids is 3. The third-order valence-corrected chi connectivity index (χ3v) is 5.61. The number of imide groups is 1. The lowest BCUT2D eigenvalue weighted by molar-refractivity contribution is -0.161. The lowest BCUT2D eigenvalue weighted by atomic mass is 9.74. The van der Waals surface area contributed by atoms with Crippen LogP contribution in [-0.4, -0.2) is 40.1 Å². The highest BCUT2D eigenvalue weighted by molar-refractivity contribution is 6.03. The molecule has 0 aliphatic carbocycles. The van der Waals surface area contributed by atoms with Crippen LogP contribution in [0.15, 0.2) is 60.7 Å². The Kier molecular flexibility index (Phi) is 7.20. The minimum atomic E-state index is -1.06. The first-order chi connectivity index (χ1) is 15.8. The van der Waals surface area contributed by atoms with Crippen LogP contribution in [0.25, 0.3) is 0 Å². The Morgan fingerprint density at radius 2 is 1.26 bits per heavy atom. The second kappa shape index (κ2) is 9.61. The van der Waals surface area contributed by atoms with Crippen LogP contribution in [0.1, 0.15) is 59.1 Å². The topological polar surface area (TPSA) is 72.9 Å². The number of carbonyl (C=O) groups is 3. The van der Waals surface area contributed by atoms with E-state index in [1.54, 1.807) is 41.5 Å². The van der Waals surface area contributed by atoms with E-state index in [0.29, 0.717) is 12.8 Å². The van der Waals surface area contributed by atoms with Gasteiger partial charge in [0.25, 0.3) is 0 Å². The predicted molar refractivity (Wildman–Crippen MR) is 130 cm³/mol. The first-order valence-corrected chi connectivity index (χ1v) is 11.7. The largest absolute Gasteiger partial charge is 0.458 e. The van der Waals surface area contributed by atoms with Crippen molar-refractivity contribution in [1.82, 2.24) is 4.90 Å². The second-order valence-electron chi connectivity index (χ2n) is 11.0. The van der Waals surface area contributed by atoms with Gasteiger partial charge in [0.15, 0.2) is 0 Å². The second-order valence-corrected chi connectivity index (χ2v) is 11.0. The Morgan fingerprint density at radius 1 is 0.824 bits per heavy atom. The molecule has 6 heteroatoms. The molecule has 1 atom stereocenters. The molecule has 2 aromatic carbocycles. The molecule has 2 amide bonds. The zero-order chi connectivity index (χ0) is 25.1. The Balaban J connectivity index is 2.07. The number of likely N-dealkylation sites (tertiary alicyclic amines) is 1. The summed E-state index contributed by atoms with van der Waals surface area (Å²) in [5, 5.41) is 0. The molecule has 2 aromatic rings. The van der Waals surface area contributed by atoms with Gasteiger partial charge in [0.2, 0.25) is 5.91 Å². The molecule has 34 heavy (non-hydrogen) atoms. The molecule has 0 spiro atoms. The molecule has 0 unspecified atom stereocenters. The van der Waals surface area contributed by atoms with Crippen molar-refractivity contribution in [2.24, 2.45) is 5.41 Å². The molecule has 0 bridgehead atoms. The summed E-state index contributed by atoms with van der Waals surface area (Å²) in [5.41, 5.74) is -0.660. The average molecular weight is 466 g/mol. The van der Waals surface area contributed by atoms with E-state index >= 15 is 0 Å². The van der Waals surface area contributed by atoms with Crippen molar-refractivity contribution in [2.45, 2.75) is 78.0 Å². The van der Waals surface area contributed by atoms with E-state index < -0.39 is 40.6 Å². The van der Waals surface area contributed by atoms with E-state index in [-0.39, 0.29) is 6.42 Å². The minimum absolute atomic E-state index is 0.157. The zero-order valence-electron chi connectivity index (χ0n) is 21.0. The molecular weight excluding hydrogens is 430 g/mol. The van der Waals surface area contributed by atoms with Gasteiger partial charge in [-0.25, -0.2) is 14.5 Å². The van der Waals surface area contributed by atoms with Gasteiger partial charge < -0.3 is 9.47 Å². The summed E-state index contributed by atoms with van der Waals surface area (Å²) in [7, 11) is 0. The van der Waals surface area contributed by atoms with Crippen LogP contribution in [0, 0.1) is 5.41 Å². The zero-order valence-corrected chi connectivity index (χ0v) is 21.0. The van der Waals surface area contributed by atoms with E-state index in [4.69, 9.17) is 9.47 Å². The predicted octanol–water partition coefficient (Wildman–Crippen LogP) is 5.34. The molecular formula is C28H35NO5. The van der Waals surface area contributed by atoms with Crippen molar-refractivity contribution < 1.29 is 23.9 Å². The van der Waals surface area contributed by atoms with E-state index in [1.807, 2.05) is 60.7 Å². The number of hydrogen-bond acceptors (Lipinski definition) is 5. The first kappa shape index (κ1) is 25.5. The standard InChI is InChI=1S/C28H35NO5/c1-26(2,3)33-23(30)22-19-28(17-20-13-9-7-10-14-20,18-21-15-11-8-12-16-21)24(31)29(22)25(32)34-27(4,5)6/h7-16,22H,17-19H2,1-6H3/t22-/m0/s1. The summed E-state index contributed by atoms with van der Waals surface area (Å²) in [5.74, 6) is -1.01. The van der Waals surface area contributed by atoms with Gasteiger partial charge in [-0.05, 0) is 71.9 Å². The highest BCUT2D eigenvalue weighted by atomic mass is 16.6. The Morgan fingerprint density at radius 3 is 1.68 bits per heavy atom. The molecule has 0 saturated carbocycles. The van der Waals surface area contributed by atoms with Crippen LogP contribution in [0.5, 0.6) is 0 Å². The maximum absolute atomic E-state index is 14.1. The van der Waals surface area contributed by atoms with E-state index in [0.717, 1.165) is 16.0 Å². The van der Waals surface area contributed by atoms with Crippen LogP contribution in [-0.2, 0) is 31.9 Å². The molecule has 1 saturated heterocycles. The number of rotatable bonds is 5. The molecule has 1 heterocycles. The number of ether oxygens (including phenoxy) is 2. The van der Waals surface area contributed by atoms with Gasteiger partial charge in [0, 0.05) is 0 Å². The van der Waals surface area contributed by atoms with Gasteiger partial charge in [-0.2, -0.15) is 0 Å². The SMILES string of the molecule is CC(C)(C)OC(=O)[C@@H]1CC(Cc2ccccc2)(Cc2ccccc2)C(=O)N1C(=O)OC(C)(C)C. The number of esters is 1. The summed E-state index contributed by atoms with van der Waals surface area (Å²) in [6, 6.07) is 18.3. The molecule has 6 nitrogen and oxygen atoms in total. The van der Waals surface area contributed by atoms with Crippen molar-refractivity contribution in [3.05, 3.63) is 71.8 Å². The molecule has 0 radical (unpaired) electrons. The van der Waals surface area contributed by atoms with Crippen LogP contribution in [0.2, 0.25) is 0 Å². The Hall–Kier alpha value is -3.15. The smallest absolute Gasteiger partial charge is 0.417 e. The Bertz CT molecular complexity index is 977. The normalized spacial score (nSPS) is 18.0. The molecule has 1 fully saturated rings. The third-order valence-electron chi connectivity index (χ3n) is 5.61. The third kappa shape index (κ3) is 6.25. The number of amides is 2. The summed E-state index contributed by atoms with van der Waals surface area (Å²) >= 11 is 0. The molecule has 0 N–H and O–H groups in total. The summed E-state index contributed by atoms with van der Waals surface area (Å²) in [6.07, 6.45) is 0.112. The number of benzene rings is 2. The lowest BCUT2D eigenvalue weighted by Gasteiger charge is -2.29. The summed E-state index contributed by atoms with van der Waals surface area (Å²) in [4.78, 5) is 41.5. The lowest BCUT2D eigenvalue weighted by Crippen LogP contribution is -2.48. The molecule has 3 rings (SSSR count). The van der Waals surface area contributed by atoms with Gasteiger partial charge >= 0.3 is 12.1 Å². The van der Waals surface area contributed by atoms with Crippen molar-refractivity contribution in [3.63, 3.8) is 0 Å². The fourth-order valence-electron chi connectivity index (χ4n) is 4.36. The maximum atomic E-state index is 14.1. The fraction of sp³-hybridized carbons (Fsp3) is 0.464. The quantitative estimate of drug-likeness (QED) is 0.558. The maximum Gasteiger partial charge on any atom is 0.417 e. The number of nitrogens with zero attached hydrogens (tertiary/aromatic N) is 1. The van der Waals surface area contributed by atoms with Crippen LogP contribution in [0.4, 0.5) is 4.79 Å². The summed E-state index contributed by atoms with van der Waals surface area (Å²) in [6.45, 7) is 10.5. The monoisotopic (exact) mass is 465 g/mol. The van der Waals surface area contributed by atoms with Crippen molar-refractivity contribution in [1.29, 1.82) is 0 Å². The van der Waals surface area contributed by atoms with Gasteiger partial charge in [-0.1, -0.05) is 60.7 Å². The van der Waals surface area contributed by atoms with E-state index in [1.165, 1.54) is 0 Å². The van der Waals surface area contributed by atoms with Gasteiger partial charge in [-0.15, -0.1) is 0 Å². The van der Waals surface area contributed by atoms with E-state index in [9.17, 15) is 14.4 Å². The fourth-order valence-corrected chi connectivity index (χ4v) is 4.36.